The Hall–Kier alpha value is -1.37. The quantitative estimate of drug-likeness (QED) is 0.0285. The fourth-order valence-electron chi connectivity index (χ4n) is 8.77. The zero-order valence-corrected chi connectivity index (χ0v) is 43.2. The van der Waals surface area contributed by atoms with Gasteiger partial charge in [0.05, 0.1) is 5.92 Å². The van der Waals surface area contributed by atoms with E-state index < -0.39 is 29.4 Å². The zero-order chi connectivity index (χ0) is 45.9. The summed E-state index contributed by atoms with van der Waals surface area (Å²) in [5, 5.41) is 0. The molecule has 0 aromatic carbocycles. The summed E-state index contributed by atoms with van der Waals surface area (Å²) in [5.41, 5.74) is -0.788. The number of imide groups is 1. The van der Waals surface area contributed by atoms with Crippen molar-refractivity contribution >= 4 is 36.2 Å². The number of thiol groups is 1. The average molecular weight is 893 g/mol. The van der Waals surface area contributed by atoms with E-state index in [1.165, 1.54) is 180 Å². The Kier molecular flexibility index (Phi) is 42.6. The lowest BCUT2D eigenvalue weighted by molar-refractivity contribution is -0.169. The minimum absolute atomic E-state index is 0.0383. The summed E-state index contributed by atoms with van der Waals surface area (Å²) in [5.74, 6) is -2.57. The summed E-state index contributed by atoms with van der Waals surface area (Å²) in [4.78, 5) is 57.5. The van der Waals surface area contributed by atoms with Gasteiger partial charge in [0, 0.05) is 18.6 Å². The van der Waals surface area contributed by atoms with Crippen molar-refractivity contribution in [2.24, 2.45) is 5.92 Å². The van der Waals surface area contributed by atoms with Crippen molar-refractivity contribution in [2.45, 2.75) is 316 Å². The maximum Gasteiger partial charge on any atom is 0.330 e. The third-order valence-electron chi connectivity index (χ3n) is 12.7. The van der Waals surface area contributed by atoms with Gasteiger partial charge in [-0.05, 0) is 40.0 Å². The molecule has 2 atom stereocenters. The minimum atomic E-state index is -1.16. The number of Topliss-reactive ketones (excluding diaryl/α,β-unsaturated/α-hetero) is 1. The van der Waals surface area contributed by atoms with E-state index in [9.17, 15) is 19.2 Å². The predicted molar refractivity (Wildman–Crippen MR) is 270 cm³/mol. The minimum Gasteiger partial charge on any atom is -0.458 e. The molecule has 0 bridgehead atoms. The summed E-state index contributed by atoms with van der Waals surface area (Å²) in [6.07, 6.45) is 46.9. The molecule has 0 N–H and O–H groups in total. The largest absolute Gasteiger partial charge is 0.458 e. The molecule has 0 aromatic rings. The molecule has 7 heteroatoms. The van der Waals surface area contributed by atoms with Crippen LogP contribution >= 0.6 is 12.6 Å². The van der Waals surface area contributed by atoms with Crippen molar-refractivity contribution < 1.29 is 23.9 Å². The lowest BCUT2D eigenvalue weighted by atomic mass is 9.90. The van der Waals surface area contributed by atoms with E-state index in [4.69, 9.17) is 4.74 Å². The van der Waals surface area contributed by atoms with E-state index in [2.05, 4.69) is 33.4 Å². The second-order valence-corrected chi connectivity index (χ2v) is 20.4. The van der Waals surface area contributed by atoms with Crippen LogP contribution in [-0.4, -0.2) is 45.9 Å². The number of unbranched alkanes of at least 4 members (excludes halogenated alkanes) is 35. The molecule has 6 nitrogen and oxygen atoms in total. The molecule has 0 saturated heterocycles. The van der Waals surface area contributed by atoms with E-state index in [0.29, 0.717) is 19.3 Å². The molecule has 0 aliphatic carbocycles. The Bertz CT molecular complexity index is 1060. The molecular weight excluding hydrogens is 787 g/mol. The molecule has 366 valence electrons. The van der Waals surface area contributed by atoms with Crippen LogP contribution in [0.25, 0.3) is 0 Å². The van der Waals surface area contributed by atoms with Crippen LogP contribution in [0.4, 0.5) is 0 Å². The van der Waals surface area contributed by atoms with Gasteiger partial charge in [0.25, 0.3) is 0 Å². The van der Waals surface area contributed by atoms with Crippen LogP contribution in [0.5, 0.6) is 0 Å². The molecule has 0 spiro atoms. The van der Waals surface area contributed by atoms with Gasteiger partial charge < -0.3 is 4.74 Å². The van der Waals surface area contributed by atoms with E-state index >= 15 is 0 Å². The Labute approximate surface area is 391 Å². The highest BCUT2D eigenvalue weighted by Crippen LogP contribution is 2.24. The number of carbonyl (C=O) groups excluding carboxylic acids is 4. The molecule has 0 aliphatic heterocycles. The fourth-order valence-corrected chi connectivity index (χ4v) is 9.08. The number of carbonyl (C=O) groups is 4. The van der Waals surface area contributed by atoms with Gasteiger partial charge >= 0.3 is 5.97 Å². The topological polar surface area (TPSA) is 80.8 Å². The van der Waals surface area contributed by atoms with Gasteiger partial charge in [-0.3, -0.25) is 19.3 Å². The van der Waals surface area contributed by atoms with Gasteiger partial charge in [0.2, 0.25) is 11.8 Å². The predicted octanol–water partition coefficient (Wildman–Crippen LogP) is 17.2. The van der Waals surface area contributed by atoms with E-state index in [-0.39, 0.29) is 23.9 Å². The van der Waals surface area contributed by atoms with Crippen LogP contribution in [0.1, 0.15) is 305 Å². The van der Waals surface area contributed by atoms with Crippen molar-refractivity contribution in [1.29, 1.82) is 0 Å². The van der Waals surface area contributed by atoms with Gasteiger partial charge in [0.1, 0.15) is 17.4 Å². The highest BCUT2D eigenvalue weighted by molar-refractivity contribution is 7.80. The van der Waals surface area contributed by atoms with Gasteiger partial charge in [0.15, 0.2) is 0 Å². The number of esters is 1. The summed E-state index contributed by atoms with van der Waals surface area (Å²) < 4.78 is 5.75. The normalized spacial score (nSPS) is 12.7. The summed E-state index contributed by atoms with van der Waals surface area (Å²) in [6.45, 7) is 12.2. The van der Waals surface area contributed by atoms with Gasteiger partial charge in [-0.2, -0.15) is 12.6 Å². The maximum atomic E-state index is 14.6. The molecule has 0 rings (SSSR count). The molecule has 1 unspecified atom stereocenters. The highest BCUT2D eigenvalue weighted by atomic mass is 32.1. The molecule has 0 fully saturated rings. The van der Waals surface area contributed by atoms with E-state index in [0.717, 1.165) is 62.7 Å². The Morgan fingerprint density at radius 2 is 0.726 bits per heavy atom. The molecule has 0 saturated carbocycles. The Balaban J connectivity index is 5.46. The first-order valence-corrected chi connectivity index (χ1v) is 27.9. The van der Waals surface area contributed by atoms with Gasteiger partial charge in [-0.15, -0.1) is 0 Å². The maximum absolute atomic E-state index is 14.6. The number of ketones is 1. The zero-order valence-electron chi connectivity index (χ0n) is 42.3. The van der Waals surface area contributed by atoms with Crippen molar-refractivity contribution in [3.8, 4) is 0 Å². The summed E-state index contributed by atoms with van der Waals surface area (Å²) in [6, 6.07) is -1.16. The number of ether oxygens (including phenoxy) is 1. The van der Waals surface area contributed by atoms with Gasteiger partial charge in [-0.1, -0.05) is 252 Å². The Morgan fingerprint density at radius 3 is 1.03 bits per heavy atom. The molecule has 0 aromatic heterocycles. The first kappa shape index (κ1) is 60.6. The Morgan fingerprint density at radius 1 is 0.435 bits per heavy atom. The summed E-state index contributed by atoms with van der Waals surface area (Å²) >= 11 is 4.50. The van der Waals surface area contributed by atoms with Crippen LogP contribution < -0.4 is 0 Å². The van der Waals surface area contributed by atoms with Gasteiger partial charge in [-0.25, -0.2) is 4.79 Å². The standard InChI is InChI=1S/C55H105NO5S/c1-7-10-13-16-19-22-25-28-31-34-37-40-43-46-51(57)49(45-42-39-36-33-30-27-24-21-18-15-12-9-3)53(59)56(50(48-62)54(60)61-55(4,5)6)52(58)47-44-41-38-35-32-29-26-23-20-17-14-11-8-2/h49-50,62H,7-48H2,1-6H3/t49?,50-/m0/s1. The van der Waals surface area contributed by atoms with E-state index in [1.807, 2.05) is 0 Å². The smallest absolute Gasteiger partial charge is 0.330 e. The van der Waals surface area contributed by atoms with Crippen LogP contribution in [0, 0.1) is 5.92 Å². The average Bonchev–Trinajstić information content (AvgIpc) is 3.23. The molecular formula is C55H105NO5S. The molecule has 0 aliphatic rings. The van der Waals surface area contributed by atoms with Crippen molar-refractivity contribution in [3.63, 3.8) is 0 Å². The SMILES string of the molecule is CCCCCCCCCCCCCCCC(=O)C(CCCCCCCCCCCCCC)C(=O)N(C(=O)CCCCCCCCCCCCCCC)[C@@H](CS)C(=O)OC(C)(C)C. The molecule has 2 amide bonds. The van der Waals surface area contributed by atoms with Crippen molar-refractivity contribution in [3.05, 3.63) is 0 Å². The fraction of sp³-hybridized carbons (Fsp3) is 0.927. The molecule has 0 radical (unpaired) electrons. The number of hydrogen-bond acceptors (Lipinski definition) is 6. The van der Waals surface area contributed by atoms with Crippen LogP contribution in [0.15, 0.2) is 0 Å². The van der Waals surface area contributed by atoms with Crippen LogP contribution in [0.3, 0.4) is 0 Å². The third-order valence-corrected chi connectivity index (χ3v) is 13.1. The van der Waals surface area contributed by atoms with Crippen molar-refractivity contribution in [1.82, 2.24) is 4.90 Å². The third kappa shape index (κ3) is 35.9. The number of amides is 2. The second-order valence-electron chi connectivity index (χ2n) is 20.0. The lowest BCUT2D eigenvalue weighted by Crippen LogP contribution is -2.54. The highest BCUT2D eigenvalue weighted by Gasteiger charge is 2.41. The monoisotopic (exact) mass is 892 g/mol. The number of hydrogen-bond donors (Lipinski definition) is 1. The first-order chi connectivity index (χ1) is 30.0. The lowest BCUT2D eigenvalue weighted by Gasteiger charge is -2.32. The van der Waals surface area contributed by atoms with Crippen LogP contribution in [0.2, 0.25) is 0 Å². The first-order valence-electron chi connectivity index (χ1n) is 27.3. The number of nitrogens with zero attached hydrogens (tertiary/aromatic N) is 1. The summed E-state index contributed by atoms with van der Waals surface area (Å²) in [7, 11) is 0. The number of rotatable bonds is 46. The molecule has 0 heterocycles. The molecule has 62 heavy (non-hydrogen) atoms. The van der Waals surface area contributed by atoms with Crippen LogP contribution in [-0.2, 0) is 23.9 Å². The van der Waals surface area contributed by atoms with Crippen molar-refractivity contribution in [2.75, 3.05) is 5.75 Å². The second kappa shape index (κ2) is 43.5. The van der Waals surface area contributed by atoms with E-state index in [1.54, 1.807) is 20.8 Å².